The van der Waals surface area contributed by atoms with Gasteiger partial charge in [-0.15, -0.1) is 10.2 Å². The fourth-order valence-electron chi connectivity index (χ4n) is 1.83. The van der Waals surface area contributed by atoms with Crippen LogP contribution < -0.4 is 5.32 Å². The van der Waals surface area contributed by atoms with Crippen molar-refractivity contribution in [3.8, 4) is 11.5 Å². The van der Waals surface area contributed by atoms with Gasteiger partial charge in [0.1, 0.15) is 0 Å². The van der Waals surface area contributed by atoms with Gasteiger partial charge in [-0.3, -0.25) is 0 Å². The van der Waals surface area contributed by atoms with Crippen molar-refractivity contribution in [2.45, 2.75) is 39.2 Å². The molecular weight excluding hydrogens is 401 g/mol. The second-order valence-electron chi connectivity index (χ2n) is 5.91. The lowest BCUT2D eigenvalue weighted by Crippen LogP contribution is -2.36. The van der Waals surface area contributed by atoms with E-state index in [0.717, 1.165) is 28.5 Å². The molecule has 0 aliphatic heterocycles. The highest BCUT2D eigenvalue weighted by Gasteiger charge is 2.13. The third kappa shape index (κ3) is 5.23. The zero-order valence-corrected chi connectivity index (χ0v) is 15.3. The largest absolute Gasteiger partial charge is 0.421 e. The lowest BCUT2D eigenvalue weighted by molar-refractivity contribution is 0.412. The lowest BCUT2D eigenvalue weighted by atomic mass is 10.1. The van der Waals surface area contributed by atoms with Gasteiger partial charge in [-0.25, -0.2) is 0 Å². The number of nitrogens with zero attached hydrogens (tertiary/aromatic N) is 2. The summed E-state index contributed by atoms with van der Waals surface area (Å²) in [4.78, 5) is 0. The number of nitrogens with one attached hydrogen (secondary N) is 1. The van der Waals surface area contributed by atoms with E-state index in [4.69, 9.17) is 16.0 Å². The van der Waals surface area contributed by atoms with Crippen molar-refractivity contribution in [2.24, 2.45) is 0 Å². The van der Waals surface area contributed by atoms with Crippen LogP contribution in [0.2, 0.25) is 5.02 Å². The van der Waals surface area contributed by atoms with Crippen LogP contribution in [0.3, 0.4) is 0 Å². The molecule has 1 aromatic carbocycles. The predicted molar refractivity (Wildman–Crippen MR) is 93.5 cm³/mol. The molecule has 0 radical (unpaired) electrons. The molecule has 0 fully saturated rings. The summed E-state index contributed by atoms with van der Waals surface area (Å²) >= 11 is 8.25. The minimum Gasteiger partial charge on any atom is -0.421 e. The molecule has 1 aromatic heterocycles. The number of aryl methyl sites for hydroxylation is 1. The van der Waals surface area contributed by atoms with E-state index in [0.29, 0.717) is 16.8 Å². The first-order valence-electron chi connectivity index (χ1n) is 6.88. The first kappa shape index (κ1) is 16.7. The predicted octanol–water partition coefficient (Wildman–Crippen LogP) is 4.32. The Morgan fingerprint density at radius 1 is 1.29 bits per heavy atom. The number of benzene rings is 1. The van der Waals surface area contributed by atoms with Crippen molar-refractivity contribution in [3.05, 3.63) is 32.7 Å². The quantitative estimate of drug-likeness (QED) is 0.579. The molecule has 4 nitrogen and oxygen atoms in total. The Kier molecular flexibility index (Phi) is 5.62. The van der Waals surface area contributed by atoms with Gasteiger partial charge in [-0.1, -0.05) is 11.6 Å². The van der Waals surface area contributed by atoms with Gasteiger partial charge < -0.3 is 9.73 Å². The maximum absolute atomic E-state index is 6.02. The van der Waals surface area contributed by atoms with Crippen molar-refractivity contribution in [3.63, 3.8) is 0 Å². The molecule has 1 N–H and O–H groups in total. The van der Waals surface area contributed by atoms with E-state index in [2.05, 4.69) is 58.9 Å². The third-order valence-corrected chi connectivity index (χ3v) is 4.02. The Morgan fingerprint density at radius 2 is 2.05 bits per heavy atom. The molecule has 21 heavy (non-hydrogen) atoms. The Morgan fingerprint density at radius 3 is 2.76 bits per heavy atom. The van der Waals surface area contributed by atoms with Crippen molar-refractivity contribution in [1.82, 2.24) is 15.5 Å². The molecule has 2 aromatic rings. The molecule has 0 amide bonds. The van der Waals surface area contributed by atoms with Crippen LogP contribution in [0.4, 0.5) is 0 Å². The summed E-state index contributed by atoms with van der Waals surface area (Å²) in [6.45, 7) is 7.38. The summed E-state index contributed by atoms with van der Waals surface area (Å²) in [6.07, 6.45) is 1.73. The SMILES string of the molecule is CC(C)(C)NCCCc1nnc(-c2cc(Cl)ccc2I)o1. The molecule has 0 aliphatic carbocycles. The zero-order valence-electron chi connectivity index (χ0n) is 12.4. The van der Waals surface area contributed by atoms with Crippen molar-refractivity contribution >= 4 is 34.2 Å². The minimum atomic E-state index is 0.136. The first-order chi connectivity index (χ1) is 9.85. The van der Waals surface area contributed by atoms with Crippen LogP contribution in [-0.4, -0.2) is 22.3 Å². The normalized spacial score (nSPS) is 11.9. The maximum Gasteiger partial charge on any atom is 0.248 e. The second-order valence-corrected chi connectivity index (χ2v) is 7.50. The van der Waals surface area contributed by atoms with Crippen LogP contribution in [0.15, 0.2) is 22.6 Å². The Labute approximate surface area is 143 Å². The summed E-state index contributed by atoms with van der Waals surface area (Å²) in [6, 6.07) is 5.64. The van der Waals surface area contributed by atoms with E-state index in [1.54, 1.807) is 0 Å². The zero-order chi connectivity index (χ0) is 15.5. The van der Waals surface area contributed by atoms with Crippen LogP contribution in [-0.2, 0) is 6.42 Å². The molecule has 2 rings (SSSR count). The van der Waals surface area contributed by atoms with Gasteiger partial charge >= 0.3 is 0 Å². The summed E-state index contributed by atoms with van der Waals surface area (Å²) in [5.41, 5.74) is 1.02. The average Bonchev–Trinajstić information content (AvgIpc) is 2.85. The summed E-state index contributed by atoms with van der Waals surface area (Å²) in [5.74, 6) is 1.19. The summed E-state index contributed by atoms with van der Waals surface area (Å²) < 4.78 is 6.77. The van der Waals surface area contributed by atoms with Crippen LogP contribution in [0, 0.1) is 3.57 Å². The number of halogens is 2. The van der Waals surface area contributed by atoms with Gasteiger partial charge in [0, 0.05) is 20.6 Å². The number of hydrogen-bond donors (Lipinski definition) is 1. The van der Waals surface area contributed by atoms with Gasteiger partial charge in [0.25, 0.3) is 0 Å². The van der Waals surface area contributed by atoms with Crippen molar-refractivity contribution in [2.75, 3.05) is 6.54 Å². The molecule has 0 saturated heterocycles. The van der Waals surface area contributed by atoms with E-state index in [-0.39, 0.29) is 5.54 Å². The number of aromatic nitrogens is 2. The van der Waals surface area contributed by atoms with Crippen LogP contribution in [0.25, 0.3) is 11.5 Å². The average molecular weight is 420 g/mol. The van der Waals surface area contributed by atoms with E-state index < -0.39 is 0 Å². The van der Waals surface area contributed by atoms with E-state index in [1.165, 1.54) is 0 Å². The first-order valence-corrected chi connectivity index (χ1v) is 8.34. The van der Waals surface area contributed by atoms with Crippen molar-refractivity contribution in [1.29, 1.82) is 0 Å². The minimum absolute atomic E-state index is 0.136. The highest BCUT2D eigenvalue weighted by molar-refractivity contribution is 14.1. The highest BCUT2D eigenvalue weighted by atomic mass is 127. The fourth-order valence-corrected chi connectivity index (χ4v) is 2.57. The molecule has 0 atom stereocenters. The van der Waals surface area contributed by atoms with Gasteiger partial charge in [0.05, 0.1) is 5.56 Å². The molecule has 0 bridgehead atoms. The van der Waals surface area contributed by atoms with Crippen LogP contribution in [0.1, 0.15) is 33.1 Å². The molecule has 6 heteroatoms. The van der Waals surface area contributed by atoms with E-state index in [9.17, 15) is 0 Å². The number of rotatable bonds is 5. The van der Waals surface area contributed by atoms with Crippen LogP contribution >= 0.6 is 34.2 Å². The molecule has 0 unspecified atom stereocenters. The summed E-state index contributed by atoms with van der Waals surface area (Å²) in [7, 11) is 0. The van der Waals surface area contributed by atoms with Crippen molar-refractivity contribution < 1.29 is 4.42 Å². The molecule has 1 heterocycles. The Bertz CT molecular complexity index is 607. The van der Waals surface area contributed by atoms with Gasteiger partial charge in [0.15, 0.2) is 0 Å². The maximum atomic E-state index is 6.02. The van der Waals surface area contributed by atoms with Crippen LogP contribution in [0.5, 0.6) is 0 Å². The topological polar surface area (TPSA) is 51.0 Å². The van der Waals surface area contributed by atoms with E-state index in [1.807, 2.05) is 18.2 Å². The number of hydrogen-bond acceptors (Lipinski definition) is 4. The summed E-state index contributed by atoms with van der Waals surface area (Å²) in [5, 5.41) is 12.3. The molecule has 0 saturated carbocycles. The third-order valence-electron chi connectivity index (χ3n) is 2.85. The van der Waals surface area contributed by atoms with E-state index >= 15 is 0 Å². The molecular formula is C15H19ClIN3O. The van der Waals surface area contributed by atoms with Gasteiger partial charge in [0.2, 0.25) is 11.8 Å². The lowest BCUT2D eigenvalue weighted by Gasteiger charge is -2.19. The molecule has 0 spiro atoms. The second kappa shape index (κ2) is 7.07. The van der Waals surface area contributed by atoms with Gasteiger partial charge in [-0.2, -0.15) is 0 Å². The highest BCUT2D eigenvalue weighted by Crippen LogP contribution is 2.27. The fraction of sp³-hybridized carbons (Fsp3) is 0.467. The Hall–Kier alpha value is -0.660. The van der Waals surface area contributed by atoms with Gasteiger partial charge in [-0.05, 0) is 74.5 Å². The Balaban J connectivity index is 1.97. The standard InChI is InChI=1S/C15H19ClIN3O/c1-15(2,3)18-8-4-5-13-19-20-14(21-13)11-9-10(16)6-7-12(11)17/h6-7,9,18H,4-5,8H2,1-3H3. The smallest absolute Gasteiger partial charge is 0.248 e. The monoisotopic (exact) mass is 419 g/mol. The molecule has 0 aliphatic rings. The molecule has 114 valence electrons.